The number of hydrogen-bond acceptors (Lipinski definition) is 1. The van der Waals surface area contributed by atoms with E-state index in [4.69, 9.17) is 5.73 Å². The predicted molar refractivity (Wildman–Crippen MR) is 63.2 cm³/mol. The van der Waals surface area contributed by atoms with Gasteiger partial charge in [-0.15, -0.1) is 0 Å². The van der Waals surface area contributed by atoms with Crippen molar-refractivity contribution in [2.75, 3.05) is 0 Å². The van der Waals surface area contributed by atoms with Crippen molar-refractivity contribution in [3.8, 4) is 0 Å². The number of hydrogen-bond donors (Lipinski definition) is 2. The molecule has 74 valence electrons. The Morgan fingerprint density at radius 3 is 2.93 bits per heavy atom. The first-order valence-corrected chi connectivity index (χ1v) is 5.54. The Bertz CT molecular complexity index is 447. The lowest BCUT2D eigenvalue weighted by Gasteiger charge is -2.03. The van der Waals surface area contributed by atoms with Crippen LogP contribution < -0.4 is 5.73 Å². The average molecular weight is 253 g/mol. The molecular formula is C11H13BrN2. The molecule has 0 amide bonds. The smallest absolute Gasteiger partial charge is 0.0467 e. The number of rotatable bonds is 2. The summed E-state index contributed by atoms with van der Waals surface area (Å²) in [6.45, 7) is 2.09. The van der Waals surface area contributed by atoms with Gasteiger partial charge in [0.1, 0.15) is 0 Å². The normalized spacial score (nSPS) is 13.4. The first kappa shape index (κ1) is 9.74. The summed E-state index contributed by atoms with van der Waals surface area (Å²) in [6.07, 6.45) is 0.949. The van der Waals surface area contributed by atoms with Crippen molar-refractivity contribution in [1.29, 1.82) is 0 Å². The zero-order chi connectivity index (χ0) is 10.1. The van der Waals surface area contributed by atoms with Gasteiger partial charge in [-0.3, -0.25) is 0 Å². The first-order chi connectivity index (χ1) is 6.72. The fraction of sp³-hybridized carbons (Fsp3) is 0.273. The molecule has 0 unspecified atom stereocenters. The number of halogens is 1. The van der Waals surface area contributed by atoms with E-state index < -0.39 is 0 Å². The Labute approximate surface area is 91.6 Å². The summed E-state index contributed by atoms with van der Waals surface area (Å²) < 4.78 is 1.11. The minimum absolute atomic E-state index is 0.106. The van der Waals surface area contributed by atoms with Gasteiger partial charge in [-0.1, -0.05) is 28.9 Å². The highest BCUT2D eigenvalue weighted by Crippen LogP contribution is 2.26. The molecule has 0 aliphatic carbocycles. The van der Waals surface area contributed by atoms with Crippen LogP contribution in [0.2, 0.25) is 0 Å². The fourth-order valence-electron chi connectivity index (χ4n) is 1.56. The predicted octanol–water partition coefficient (Wildman–Crippen LogP) is 3.34. The molecule has 0 radical (unpaired) electrons. The zero-order valence-electron chi connectivity index (χ0n) is 8.05. The van der Waals surface area contributed by atoms with E-state index in [1.165, 1.54) is 5.39 Å². The molecule has 0 aliphatic heterocycles. The second-order valence-electron chi connectivity index (χ2n) is 3.44. The summed E-state index contributed by atoms with van der Waals surface area (Å²) in [5, 5.41) is 1.20. The van der Waals surface area contributed by atoms with Crippen molar-refractivity contribution in [3.63, 3.8) is 0 Å². The third kappa shape index (κ3) is 1.57. The molecule has 3 heteroatoms. The summed E-state index contributed by atoms with van der Waals surface area (Å²) in [7, 11) is 0. The SMILES string of the molecule is CC[C@H](N)c1cc2c(Br)cccc2[nH]1. The van der Waals surface area contributed by atoms with Crippen molar-refractivity contribution in [2.45, 2.75) is 19.4 Å². The number of H-pyrrole nitrogens is 1. The molecule has 3 N–H and O–H groups in total. The number of aromatic nitrogens is 1. The topological polar surface area (TPSA) is 41.8 Å². The van der Waals surface area contributed by atoms with Gasteiger partial charge >= 0.3 is 0 Å². The standard InChI is InChI=1S/C11H13BrN2/c1-2-9(13)11-6-7-8(12)4-3-5-10(7)14-11/h3-6,9,14H,2,13H2,1H3/t9-/m0/s1. The molecule has 0 spiro atoms. The highest BCUT2D eigenvalue weighted by Gasteiger charge is 2.08. The van der Waals surface area contributed by atoms with Crippen LogP contribution in [0.25, 0.3) is 10.9 Å². The maximum absolute atomic E-state index is 5.96. The van der Waals surface area contributed by atoms with Crippen LogP contribution in [0, 0.1) is 0 Å². The van der Waals surface area contributed by atoms with Crippen LogP contribution >= 0.6 is 15.9 Å². The Balaban J connectivity index is 2.56. The van der Waals surface area contributed by atoms with Crippen LogP contribution in [0.5, 0.6) is 0 Å². The Kier molecular flexibility index (Phi) is 2.61. The van der Waals surface area contributed by atoms with Gasteiger partial charge in [-0.2, -0.15) is 0 Å². The second kappa shape index (κ2) is 3.75. The van der Waals surface area contributed by atoms with Gasteiger partial charge in [0, 0.05) is 27.1 Å². The third-order valence-electron chi connectivity index (χ3n) is 2.47. The largest absolute Gasteiger partial charge is 0.357 e. The molecule has 0 aliphatic rings. The molecule has 0 bridgehead atoms. The number of fused-ring (bicyclic) bond motifs is 1. The van der Waals surface area contributed by atoms with Gasteiger partial charge in [-0.25, -0.2) is 0 Å². The van der Waals surface area contributed by atoms with Crippen molar-refractivity contribution in [1.82, 2.24) is 4.98 Å². The monoisotopic (exact) mass is 252 g/mol. The second-order valence-corrected chi connectivity index (χ2v) is 4.29. The molecule has 0 saturated heterocycles. The minimum Gasteiger partial charge on any atom is -0.357 e. The summed E-state index contributed by atoms with van der Waals surface area (Å²) in [5.74, 6) is 0. The van der Waals surface area contributed by atoms with Crippen molar-refractivity contribution in [3.05, 3.63) is 34.4 Å². The number of aromatic amines is 1. The van der Waals surface area contributed by atoms with E-state index in [0.29, 0.717) is 0 Å². The summed E-state index contributed by atoms with van der Waals surface area (Å²) in [6, 6.07) is 8.34. The maximum Gasteiger partial charge on any atom is 0.0467 e. The average Bonchev–Trinajstić information content (AvgIpc) is 2.62. The first-order valence-electron chi connectivity index (χ1n) is 4.75. The van der Waals surface area contributed by atoms with E-state index in [0.717, 1.165) is 22.1 Å². The number of benzene rings is 1. The summed E-state index contributed by atoms with van der Waals surface area (Å²) >= 11 is 3.52. The van der Waals surface area contributed by atoms with Crippen molar-refractivity contribution < 1.29 is 0 Å². The Morgan fingerprint density at radius 2 is 2.29 bits per heavy atom. The van der Waals surface area contributed by atoms with Gasteiger partial charge in [0.15, 0.2) is 0 Å². The zero-order valence-corrected chi connectivity index (χ0v) is 9.64. The quantitative estimate of drug-likeness (QED) is 0.846. The van der Waals surface area contributed by atoms with E-state index in [1.807, 2.05) is 12.1 Å². The number of nitrogens with one attached hydrogen (secondary N) is 1. The molecule has 0 fully saturated rings. The molecule has 0 saturated carbocycles. The van der Waals surface area contributed by atoms with E-state index in [9.17, 15) is 0 Å². The highest BCUT2D eigenvalue weighted by molar-refractivity contribution is 9.10. The minimum atomic E-state index is 0.106. The molecule has 2 rings (SSSR count). The summed E-state index contributed by atoms with van der Waals surface area (Å²) in [4.78, 5) is 3.33. The van der Waals surface area contributed by atoms with Gasteiger partial charge < -0.3 is 10.7 Å². The van der Waals surface area contributed by atoms with Gasteiger partial charge in [-0.05, 0) is 24.6 Å². The molecule has 1 aromatic heterocycles. The van der Waals surface area contributed by atoms with E-state index in [2.05, 4.69) is 40.0 Å². The van der Waals surface area contributed by atoms with Crippen LogP contribution in [0.15, 0.2) is 28.7 Å². The van der Waals surface area contributed by atoms with Crippen molar-refractivity contribution in [2.24, 2.45) is 5.73 Å². The van der Waals surface area contributed by atoms with E-state index >= 15 is 0 Å². The van der Waals surface area contributed by atoms with Crippen molar-refractivity contribution >= 4 is 26.8 Å². The highest BCUT2D eigenvalue weighted by atomic mass is 79.9. The van der Waals surface area contributed by atoms with Crippen LogP contribution in [0.3, 0.4) is 0 Å². The van der Waals surface area contributed by atoms with Crippen LogP contribution in [-0.4, -0.2) is 4.98 Å². The molecule has 1 aromatic carbocycles. The van der Waals surface area contributed by atoms with Crippen LogP contribution in [0.1, 0.15) is 25.1 Å². The third-order valence-corrected chi connectivity index (χ3v) is 3.16. The lowest BCUT2D eigenvalue weighted by atomic mass is 10.1. The molecule has 2 nitrogen and oxygen atoms in total. The molecule has 1 atom stereocenters. The number of nitrogens with two attached hydrogens (primary N) is 1. The fourth-order valence-corrected chi connectivity index (χ4v) is 2.04. The van der Waals surface area contributed by atoms with Gasteiger partial charge in [0.2, 0.25) is 0 Å². The lowest BCUT2D eigenvalue weighted by Crippen LogP contribution is -2.08. The molecule has 2 aromatic rings. The van der Waals surface area contributed by atoms with E-state index in [1.54, 1.807) is 0 Å². The van der Waals surface area contributed by atoms with Gasteiger partial charge in [0.05, 0.1) is 0 Å². The lowest BCUT2D eigenvalue weighted by molar-refractivity contribution is 0.682. The Hall–Kier alpha value is -0.800. The molecular weight excluding hydrogens is 240 g/mol. The van der Waals surface area contributed by atoms with Crippen LogP contribution in [0.4, 0.5) is 0 Å². The molecule has 14 heavy (non-hydrogen) atoms. The molecule has 1 heterocycles. The Morgan fingerprint density at radius 1 is 1.50 bits per heavy atom. The summed E-state index contributed by atoms with van der Waals surface area (Å²) in [5.41, 5.74) is 8.20. The van der Waals surface area contributed by atoms with E-state index in [-0.39, 0.29) is 6.04 Å². The van der Waals surface area contributed by atoms with Gasteiger partial charge in [0.25, 0.3) is 0 Å². The van der Waals surface area contributed by atoms with Crippen LogP contribution in [-0.2, 0) is 0 Å². The maximum atomic E-state index is 5.96.